The molecular weight excluding hydrogens is 380 g/mol. The van der Waals surface area contributed by atoms with Crippen molar-refractivity contribution in [1.82, 2.24) is 5.01 Å². The maximum atomic E-state index is 12.8. The van der Waals surface area contributed by atoms with E-state index in [0.717, 1.165) is 17.0 Å². The molecule has 0 radical (unpaired) electrons. The molecule has 0 unspecified atom stereocenters. The fourth-order valence-electron chi connectivity index (χ4n) is 2.89. The van der Waals surface area contributed by atoms with Gasteiger partial charge in [0.1, 0.15) is 17.6 Å². The summed E-state index contributed by atoms with van der Waals surface area (Å²) in [7, 11) is 1.61. The number of hydrogen-bond donors (Lipinski definition) is 0. The number of furan rings is 1. The third-order valence-electron chi connectivity index (χ3n) is 4.21. The highest BCUT2D eigenvalue weighted by molar-refractivity contribution is 8.00. The Labute approximate surface area is 167 Å². The number of thioether (sulfide) groups is 1. The van der Waals surface area contributed by atoms with Gasteiger partial charge in [0.05, 0.1) is 37.2 Å². The third-order valence-corrected chi connectivity index (χ3v) is 5.10. The molecule has 3 rings (SSSR count). The van der Waals surface area contributed by atoms with Crippen LogP contribution in [0.25, 0.3) is 0 Å². The van der Waals surface area contributed by atoms with Crippen LogP contribution >= 0.6 is 11.8 Å². The van der Waals surface area contributed by atoms with Gasteiger partial charge in [-0.3, -0.25) is 9.59 Å². The number of nitrogens with zero attached hydrogens (tertiary/aromatic N) is 2. The SMILES string of the molecule is CCOC(=O)CSCC(=O)N1N=C(c2ccc(OC)cc2)C[C@@H]1c1ccco1. The van der Waals surface area contributed by atoms with E-state index in [1.54, 1.807) is 26.4 Å². The molecule has 0 N–H and O–H groups in total. The van der Waals surface area contributed by atoms with E-state index in [1.165, 1.54) is 16.8 Å². The monoisotopic (exact) mass is 402 g/mol. The number of hydrazone groups is 1. The lowest BCUT2D eigenvalue weighted by atomic mass is 10.0. The molecule has 28 heavy (non-hydrogen) atoms. The maximum Gasteiger partial charge on any atom is 0.315 e. The van der Waals surface area contributed by atoms with Crippen molar-refractivity contribution < 1.29 is 23.5 Å². The number of carbonyl (C=O) groups is 2. The minimum Gasteiger partial charge on any atom is -0.497 e. The second-order valence-electron chi connectivity index (χ2n) is 6.05. The Morgan fingerprint density at radius 1 is 1.25 bits per heavy atom. The molecule has 7 nitrogen and oxygen atoms in total. The van der Waals surface area contributed by atoms with Gasteiger partial charge in [-0.05, 0) is 48.9 Å². The summed E-state index contributed by atoms with van der Waals surface area (Å²) in [4.78, 5) is 24.2. The van der Waals surface area contributed by atoms with E-state index in [2.05, 4.69) is 5.10 Å². The average molecular weight is 402 g/mol. The van der Waals surface area contributed by atoms with Crippen LogP contribution in [-0.2, 0) is 14.3 Å². The van der Waals surface area contributed by atoms with E-state index in [1.807, 2.05) is 30.3 Å². The Morgan fingerprint density at radius 3 is 2.68 bits per heavy atom. The van der Waals surface area contributed by atoms with Crippen molar-refractivity contribution in [3.8, 4) is 5.75 Å². The van der Waals surface area contributed by atoms with Crippen LogP contribution in [-0.4, -0.2) is 47.8 Å². The zero-order valence-corrected chi connectivity index (χ0v) is 16.6. The lowest BCUT2D eigenvalue weighted by Gasteiger charge is -2.19. The molecule has 8 heteroatoms. The Balaban J connectivity index is 1.73. The summed E-state index contributed by atoms with van der Waals surface area (Å²) in [6, 6.07) is 10.9. The van der Waals surface area contributed by atoms with Gasteiger partial charge in [-0.1, -0.05) is 0 Å². The minimum absolute atomic E-state index is 0.133. The first-order chi connectivity index (χ1) is 13.6. The number of rotatable bonds is 8. The number of hydrogen-bond acceptors (Lipinski definition) is 7. The van der Waals surface area contributed by atoms with E-state index < -0.39 is 0 Å². The lowest BCUT2D eigenvalue weighted by molar-refractivity contribution is -0.139. The van der Waals surface area contributed by atoms with Crippen LogP contribution in [0, 0.1) is 0 Å². The highest BCUT2D eigenvalue weighted by atomic mass is 32.2. The van der Waals surface area contributed by atoms with Gasteiger partial charge in [-0.2, -0.15) is 5.10 Å². The maximum absolute atomic E-state index is 12.8. The molecule has 0 saturated heterocycles. The highest BCUT2D eigenvalue weighted by Gasteiger charge is 2.34. The average Bonchev–Trinajstić information content (AvgIpc) is 3.38. The van der Waals surface area contributed by atoms with Crippen molar-refractivity contribution >= 4 is 29.4 Å². The topological polar surface area (TPSA) is 81.3 Å². The van der Waals surface area contributed by atoms with Crippen LogP contribution in [0.5, 0.6) is 5.75 Å². The van der Waals surface area contributed by atoms with Gasteiger partial charge >= 0.3 is 5.97 Å². The highest BCUT2D eigenvalue weighted by Crippen LogP contribution is 2.33. The largest absolute Gasteiger partial charge is 0.497 e. The van der Waals surface area contributed by atoms with Gasteiger partial charge in [-0.25, -0.2) is 5.01 Å². The molecule has 1 aromatic carbocycles. The molecular formula is C20H22N2O5S. The van der Waals surface area contributed by atoms with E-state index in [0.29, 0.717) is 18.8 Å². The number of benzene rings is 1. The van der Waals surface area contributed by atoms with Crippen molar-refractivity contribution in [2.75, 3.05) is 25.2 Å². The first-order valence-corrected chi connectivity index (χ1v) is 10.1. The Kier molecular flexibility index (Phi) is 6.76. The van der Waals surface area contributed by atoms with Crippen molar-refractivity contribution in [2.24, 2.45) is 5.10 Å². The van der Waals surface area contributed by atoms with Gasteiger partial charge in [0, 0.05) is 6.42 Å². The molecule has 0 saturated carbocycles. The van der Waals surface area contributed by atoms with Crippen LogP contribution in [0.15, 0.2) is 52.2 Å². The van der Waals surface area contributed by atoms with Gasteiger partial charge < -0.3 is 13.9 Å². The van der Waals surface area contributed by atoms with Crippen molar-refractivity contribution in [3.63, 3.8) is 0 Å². The molecule has 0 fully saturated rings. The Bertz CT molecular complexity index is 833. The van der Waals surface area contributed by atoms with E-state index in [4.69, 9.17) is 13.9 Å². The van der Waals surface area contributed by atoms with Gasteiger partial charge in [0.2, 0.25) is 0 Å². The number of methoxy groups -OCH3 is 1. The van der Waals surface area contributed by atoms with E-state index in [-0.39, 0.29) is 29.4 Å². The normalized spacial score (nSPS) is 16.0. The molecule has 148 valence electrons. The van der Waals surface area contributed by atoms with Crippen LogP contribution in [0.4, 0.5) is 0 Å². The summed E-state index contributed by atoms with van der Waals surface area (Å²) >= 11 is 1.22. The van der Waals surface area contributed by atoms with Gasteiger partial charge in [-0.15, -0.1) is 11.8 Å². The smallest absolute Gasteiger partial charge is 0.315 e. The van der Waals surface area contributed by atoms with Crippen molar-refractivity contribution in [1.29, 1.82) is 0 Å². The summed E-state index contributed by atoms with van der Waals surface area (Å²) in [5.74, 6) is 1.19. The fourth-order valence-corrected chi connectivity index (χ4v) is 3.55. The predicted molar refractivity (Wildman–Crippen MR) is 106 cm³/mol. The van der Waals surface area contributed by atoms with Crippen LogP contribution in [0.3, 0.4) is 0 Å². The van der Waals surface area contributed by atoms with Gasteiger partial charge in [0.25, 0.3) is 5.91 Å². The molecule has 0 spiro atoms. The molecule has 0 aliphatic carbocycles. The van der Waals surface area contributed by atoms with Crippen LogP contribution in [0.2, 0.25) is 0 Å². The zero-order valence-electron chi connectivity index (χ0n) is 15.8. The molecule has 1 aliphatic heterocycles. The summed E-state index contributed by atoms with van der Waals surface area (Å²) in [5, 5.41) is 6.01. The number of esters is 1. The van der Waals surface area contributed by atoms with Crippen molar-refractivity contribution in [2.45, 2.75) is 19.4 Å². The number of carbonyl (C=O) groups excluding carboxylic acids is 2. The molecule has 2 aromatic rings. The third kappa shape index (κ3) is 4.75. The summed E-state index contributed by atoms with van der Waals surface area (Å²) < 4.78 is 15.6. The fraction of sp³-hybridized carbons (Fsp3) is 0.350. The molecule has 1 aliphatic rings. The summed E-state index contributed by atoms with van der Waals surface area (Å²) in [6.45, 7) is 2.08. The zero-order chi connectivity index (χ0) is 19.9. The molecule has 0 bridgehead atoms. The first kappa shape index (κ1) is 20.0. The van der Waals surface area contributed by atoms with E-state index in [9.17, 15) is 9.59 Å². The van der Waals surface area contributed by atoms with Crippen LogP contribution < -0.4 is 4.74 Å². The number of amides is 1. The molecule has 1 amide bonds. The van der Waals surface area contributed by atoms with Gasteiger partial charge in [0.15, 0.2) is 0 Å². The van der Waals surface area contributed by atoms with E-state index >= 15 is 0 Å². The quantitative estimate of drug-likeness (QED) is 0.631. The molecule has 1 atom stereocenters. The lowest BCUT2D eigenvalue weighted by Crippen LogP contribution is -2.28. The Morgan fingerprint density at radius 2 is 2.04 bits per heavy atom. The second-order valence-corrected chi connectivity index (χ2v) is 7.03. The second kappa shape index (κ2) is 9.45. The number of ether oxygens (including phenoxy) is 2. The predicted octanol–water partition coefficient (Wildman–Crippen LogP) is 3.26. The van der Waals surface area contributed by atoms with Crippen molar-refractivity contribution in [3.05, 3.63) is 54.0 Å². The minimum atomic E-state index is -0.327. The standard InChI is InChI=1S/C20H22N2O5S/c1-3-26-20(24)13-28-12-19(23)22-17(18-5-4-10-27-18)11-16(21-22)14-6-8-15(25-2)9-7-14/h4-10,17H,3,11-13H2,1-2H3/t17-/m1/s1. The molecule has 1 aromatic heterocycles. The van der Waals surface area contributed by atoms with Crippen LogP contribution in [0.1, 0.15) is 30.7 Å². The Hall–Kier alpha value is -2.74. The first-order valence-electron chi connectivity index (χ1n) is 8.93. The summed E-state index contributed by atoms with van der Waals surface area (Å²) in [5.41, 5.74) is 1.72. The summed E-state index contributed by atoms with van der Waals surface area (Å²) in [6.07, 6.45) is 2.13. The molecule has 2 heterocycles.